The molecule has 0 amide bonds. The van der Waals surface area contributed by atoms with Gasteiger partial charge in [-0.1, -0.05) is 59.1 Å². The van der Waals surface area contributed by atoms with Crippen molar-refractivity contribution >= 4 is 23.2 Å². The van der Waals surface area contributed by atoms with E-state index in [0.29, 0.717) is 16.5 Å². The van der Waals surface area contributed by atoms with Crippen molar-refractivity contribution in [1.29, 1.82) is 0 Å². The Morgan fingerprint density at radius 1 is 1.00 bits per heavy atom. The first-order valence-corrected chi connectivity index (χ1v) is 7.06. The van der Waals surface area contributed by atoms with E-state index in [9.17, 15) is 0 Å². The van der Waals surface area contributed by atoms with Crippen molar-refractivity contribution in [2.75, 3.05) is 0 Å². The van der Waals surface area contributed by atoms with Crippen LogP contribution in [0.3, 0.4) is 0 Å². The Balaban J connectivity index is 2.07. The minimum absolute atomic E-state index is 0.0131. The number of nitrogens with two attached hydrogens (primary N) is 1. The highest BCUT2D eigenvalue weighted by Gasteiger charge is 2.11. The minimum Gasteiger partial charge on any atom is -0.327 e. The molecule has 2 N–H and O–H groups in total. The van der Waals surface area contributed by atoms with Crippen molar-refractivity contribution in [3.63, 3.8) is 0 Å². The van der Waals surface area contributed by atoms with Crippen LogP contribution in [0.15, 0.2) is 42.5 Å². The first kappa shape index (κ1) is 14.4. The third-order valence-corrected chi connectivity index (χ3v) is 3.82. The summed E-state index contributed by atoms with van der Waals surface area (Å²) < 4.78 is 0. The van der Waals surface area contributed by atoms with E-state index >= 15 is 0 Å². The van der Waals surface area contributed by atoms with Crippen molar-refractivity contribution in [1.82, 2.24) is 0 Å². The summed E-state index contributed by atoms with van der Waals surface area (Å²) in [5.74, 6) is 0. The van der Waals surface area contributed by atoms with Gasteiger partial charge in [0.15, 0.2) is 0 Å². The fourth-order valence-corrected chi connectivity index (χ4v) is 2.76. The topological polar surface area (TPSA) is 26.0 Å². The summed E-state index contributed by atoms with van der Waals surface area (Å²) in [6.45, 7) is 2.08. The van der Waals surface area contributed by atoms with E-state index in [1.807, 2.05) is 18.2 Å². The van der Waals surface area contributed by atoms with Crippen molar-refractivity contribution in [2.24, 2.45) is 5.73 Å². The molecule has 0 aliphatic carbocycles. The highest BCUT2D eigenvalue weighted by atomic mass is 35.5. The summed E-state index contributed by atoms with van der Waals surface area (Å²) in [7, 11) is 0. The first-order valence-electron chi connectivity index (χ1n) is 6.30. The standard InChI is InChI=1S/C16H17Cl2N/c1-11-4-2-5-12(8-11)9-13(19)10-14-15(17)6-3-7-16(14)18/h2-8,13H,9-10,19H2,1H3. The van der Waals surface area contributed by atoms with Crippen LogP contribution >= 0.6 is 23.2 Å². The van der Waals surface area contributed by atoms with Gasteiger partial charge < -0.3 is 5.73 Å². The molecule has 0 saturated carbocycles. The highest BCUT2D eigenvalue weighted by molar-refractivity contribution is 6.36. The Bertz CT molecular complexity index is 546. The van der Waals surface area contributed by atoms with Crippen LogP contribution < -0.4 is 5.73 Å². The highest BCUT2D eigenvalue weighted by Crippen LogP contribution is 2.25. The largest absolute Gasteiger partial charge is 0.327 e. The van der Waals surface area contributed by atoms with Crippen LogP contribution in [0.1, 0.15) is 16.7 Å². The molecule has 2 aromatic rings. The van der Waals surface area contributed by atoms with Crippen molar-refractivity contribution in [2.45, 2.75) is 25.8 Å². The molecule has 2 rings (SSSR count). The van der Waals surface area contributed by atoms with Crippen LogP contribution in [-0.4, -0.2) is 6.04 Å². The van der Waals surface area contributed by atoms with E-state index in [0.717, 1.165) is 12.0 Å². The predicted molar refractivity (Wildman–Crippen MR) is 83.0 cm³/mol. The number of rotatable bonds is 4. The Morgan fingerprint density at radius 3 is 2.26 bits per heavy atom. The average molecular weight is 294 g/mol. The van der Waals surface area contributed by atoms with Gasteiger partial charge in [-0.3, -0.25) is 0 Å². The fourth-order valence-electron chi connectivity index (χ4n) is 2.20. The van der Waals surface area contributed by atoms with E-state index in [-0.39, 0.29) is 6.04 Å². The molecule has 1 atom stereocenters. The zero-order valence-corrected chi connectivity index (χ0v) is 12.4. The smallest absolute Gasteiger partial charge is 0.0453 e. The molecule has 19 heavy (non-hydrogen) atoms. The minimum atomic E-state index is 0.0131. The molecule has 0 aromatic heterocycles. The lowest BCUT2D eigenvalue weighted by Gasteiger charge is -2.14. The third kappa shape index (κ3) is 3.97. The molecule has 0 aliphatic rings. The Morgan fingerprint density at radius 2 is 1.63 bits per heavy atom. The van der Waals surface area contributed by atoms with Gasteiger partial charge in [-0.15, -0.1) is 0 Å². The lowest BCUT2D eigenvalue weighted by atomic mass is 9.99. The van der Waals surface area contributed by atoms with Crippen LogP contribution in [0, 0.1) is 6.92 Å². The van der Waals surface area contributed by atoms with Gasteiger partial charge in [0.25, 0.3) is 0 Å². The number of hydrogen-bond donors (Lipinski definition) is 1. The average Bonchev–Trinajstić information content (AvgIpc) is 2.34. The molecule has 0 fully saturated rings. The van der Waals surface area contributed by atoms with Crippen LogP contribution in [0.4, 0.5) is 0 Å². The van der Waals surface area contributed by atoms with Gasteiger partial charge >= 0.3 is 0 Å². The van der Waals surface area contributed by atoms with Crippen molar-refractivity contribution in [3.05, 3.63) is 69.2 Å². The first-order chi connectivity index (χ1) is 9.06. The van der Waals surface area contributed by atoms with E-state index in [4.69, 9.17) is 28.9 Å². The molecule has 0 spiro atoms. The van der Waals surface area contributed by atoms with E-state index < -0.39 is 0 Å². The molecule has 1 unspecified atom stereocenters. The summed E-state index contributed by atoms with van der Waals surface area (Å²) in [4.78, 5) is 0. The molecule has 2 aromatic carbocycles. The van der Waals surface area contributed by atoms with Crippen molar-refractivity contribution in [3.8, 4) is 0 Å². The van der Waals surface area contributed by atoms with E-state index in [1.54, 1.807) is 0 Å². The fraction of sp³-hybridized carbons (Fsp3) is 0.250. The van der Waals surface area contributed by atoms with Crippen LogP contribution in [-0.2, 0) is 12.8 Å². The van der Waals surface area contributed by atoms with Gasteiger partial charge in [0, 0.05) is 16.1 Å². The second-order valence-corrected chi connectivity index (χ2v) is 5.67. The zero-order valence-electron chi connectivity index (χ0n) is 10.9. The normalized spacial score (nSPS) is 12.4. The molecular formula is C16H17Cl2N. The summed E-state index contributed by atoms with van der Waals surface area (Å²) in [5.41, 5.74) is 9.64. The molecule has 0 heterocycles. The second-order valence-electron chi connectivity index (χ2n) is 4.86. The van der Waals surface area contributed by atoms with Gasteiger partial charge in [-0.25, -0.2) is 0 Å². The van der Waals surface area contributed by atoms with Crippen molar-refractivity contribution < 1.29 is 0 Å². The SMILES string of the molecule is Cc1cccc(CC(N)Cc2c(Cl)cccc2Cl)c1. The second kappa shape index (κ2) is 6.42. The molecule has 0 saturated heterocycles. The summed E-state index contributed by atoms with van der Waals surface area (Å²) in [5, 5.41) is 1.37. The predicted octanol–water partition coefficient (Wildman–Crippen LogP) is 4.41. The van der Waals surface area contributed by atoms with Crippen LogP contribution in [0.25, 0.3) is 0 Å². The lowest BCUT2D eigenvalue weighted by Crippen LogP contribution is -2.25. The lowest BCUT2D eigenvalue weighted by molar-refractivity contribution is 0.665. The summed E-state index contributed by atoms with van der Waals surface area (Å²) in [6, 6.07) is 14.0. The monoisotopic (exact) mass is 293 g/mol. The molecule has 0 bridgehead atoms. The summed E-state index contributed by atoms with van der Waals surface area (Å²) in [6.07, 6.45) is 1.51. The maximum Gasteiger partial charge on any atom is 0.0453 e. The van der Waals surface area contributed by atoms with Crippen LogP contribution in [0.2, 0.25) is 10.0 Å². The maximum atomic E-state index is 6.21. The molecule has 3 heteroatoms. The molecule has 0 aliphatic heterocycles. The number of aryl methyl sites for hydroxylation is 1. The third-order valence-electron chi connectivity index (χ3n) is 3.11. The van der Waals surface area contributed by atoms with Crippen LogP contribution in [0.5, 0.6) is 0 Å². The quantitative estimate of drug-likeness (QED) is 0.887. The summed E-state index contributed by atoms with van der Waals surface area (Å²) >= 11 is 12.3. The Labute approximate surface area is 124 Å². The molecule has 100 valence electrons. The Hall–Kier alpha value is -1.02. The van der Waals surface area contributed by atoms with E-state index in [1.165, 1.54) is 11.1 Å². The maximum absolute atomic E-state index is 6.21. The van der Waals surface area contributed by atoms with Gasteiger partial charge in [-0.2, -0.15) is 0 Å². The van der Waals surface area contributed by atoms with Gasteiger partial charge in [0.05, 0.1) is 0 Å². The van der Waals surface area contributed by atoms with Gasteiger partial charge in [0.1, 0.15) is 0 Å². The Kier molecular flexibility index (Phi) is 4.87. The number of halogens is 2. The number of hydrogen-bond acceptors (Lipinski definition) is 1. The van der Waals surface area contributed by atoms with Gasteiger partial charge in [0.2, 0.25) is 0 Å². The van der Waals surface area contributed by atoms with Gasteiger partial charge in [-0.05, 0) is 43.0 Å². The zero-order chi connectivity index (χ0) is 13.8. The number of benzene rings is 2. The van der Waals surface area contributed by atoms with E-state index in [2.05, 4.69) is 31.2 Å². The molecular weight excluding hydrogens is 277 g/mol. The molecule has 1 nitrogen and oxygen atoms in total. The molecule has 0 radical (unpaired) electrons.